The maximum atomic E-state index is 12.0. The molecule has 0 saturated heterocycles. The van der Waals surface area contributed by atoms with Crippen molar-refractivity contribution in [1.29, 1.82) is 0 Å². The lowest BCUT2D eigenvalue weighted by molar-refractivity contribution is -0.136. The summed E-state index contributed by atoms with van der Waals surface area (Å²) in [5.41, 5.74) is 9.02. The summed E-state index contributed by atoms with van der Waals surface area (Å²) >= 11 is 5.87. The molecule has 6 nitrogen and oxygen atoms in total. The molecule has 154 valence electrons. The Hall–Kier alpha value is -3.38. The second-order valence-corrected chi connectivity index (χ2v) is 7.61. The third-order valence-electron chi connectivity index (χ3n) is 4.59. The molecule has 0 unspecified atom stereocenters. The number of halogens is 1. The first-order chi connectivity index (χ1) is 14.2. The average molecular weight is 423 g/mol. The van der Waals surface area contributed by atoms with E-state index < -0.39 is 11.8 Å². The van der Waals surface area contributed by atoms with Crippen molar-refractivity contribution in [2.45, 2.75) is 27.7 Å². The minimum Gasteiger partial charge on any atom is -0.318 e. The number of hydrazone groups is 1. The van der Waals surface area contributed by atoms with E-state index in [1.54, 1.807) is 24.3 Å². The SMILES string of the molecule is Cc1cc(C)cc(-n2c(C)cc(/C=N\NC(=O)C(=O)Nc3cccc(Cl)c3)c2C)c1. The molecule has 2 amide bonds. The molecule has 0 spiro atoms. The van der Waals surface area contributed by atoms with Crippen LogP contribution in [0.2, 0.25) is 5.02 Å². The van der Waals surface area contributed by atoms with E-state index in [0.29, 0.717) is 10.7 Å². The summed E-state index contributed by atoms with van der Waals surface area (Å²) in [7, 11) is 0. The Kier molecular flexibility index (Phi) is 6.37. The fourth-order valence-corrected chi connectivity index (χ4v) is 3.55. The second-order valence-electron chi connectivity index (χ2n) is 7.17. The lowest BCUT2D eigenvalue weighted by Gasteiger charge is -2.11. The lowest BCUT2D eigenvalue weighted by Crippen LogP contribution is -2.32. The summed E-state index contributed by atoms with van der Waals surface area (Å²) in [6.45, 7) is 8.13. The topological polar surface area (TPSA) is 75.5 Å². The standard InChI is InChI=1S/C23H23ClN4O2/c1-14-8-15(2)10-21(9-14)28-16(3)11-18(17(28)4)13-25-27-23(30)22(29)26-20-7-5-6-19(24)12-20/h5-13H,1-4H3,(H,26,29)(H,27,30)/b25-13-. The third kappa shape index (κ3) is 4.96. The predicted octanol–water partition coefficient (Wildman–Crippen LogP) is 4.45. The summed E-state index contributed by atoms with van der Waals surface area (Å²) < 4.78 is 2.13. The van der Waals surface area contributed by atoms with E-state index in [4.69, 9.17) is 11.6 Å². The van der Waals surface area contributed by atoms with Gasteiger partial charge in [-0.15, -0.1) is 0 Å². The van der Waals surface area contributed by atoms with Gasteiger partial charge in [-0.05, 0) is 75.2 Å². The van der Waals surface area contributed by atoms with Crippen LogP contribution in [-0.4, -0.2) is 22.6 Å². The summed E-state index contributed by atoms with van der Waals surface area (Å²) in [4.78, 5) is 24.0. The van der Waals surface area contributed by atoms with Gasteiger partial charge in [0, 0.05) is 33.3 Å². The van der Waals surface area contributed by atoms with Crippen molar-refractivity contribution in [2.24, 2.45) is 5.10 Å². The number of carbonyl (C=O) groups is 2. The lowest BCUT2D eigenvalue weighted by atomic mass is 10.1. The number of hydrogen-bond acceptors (Lipinski definition) is 3. The molecule has 1 heterocycles. The Bertz CT molecular complexity index is 1130. The van der Waals surface area contributed by atoms with E-state index in [1.807, 2.05) is 19.9 Å². The van der Waals surface area contributed by atoms with Crippen LogP contribution in [0.15, 0.2) is 53.6 Å². The van der Waals surface area contributed by atoms with Gasteiger partial charge >= 0.3 is 11.8 Å². The summed E-state index contributed by atoms with van der Waals surface area (Å²) in [6.07, 6.45) is 1.53. The van der Waals surface area contributed by atoms with E-state index in [2.05, 4.69) is 52.5 Å². The molecule has 2 aromatic carbocycles. The van der Waals surface area contributed by atoms with Crippen molar-refractivity contribution < 1.29 is 9.59 Å². The first-order valence-electron chi connectivity index (χ1n) is 9.42. The second kappa shape index (κ2) is 8.97. The highest BCUT2D eigenvalue weighted by atomic mass is 35.5. The zero-order valence-electron chi connectivity index (χ0n) is 17.3. The number of nitrogens with zero attached hydrogens (tertiary/aromatic N) is 2. The zero-order chi connectivity index (χ0) is 21.8. The predicted molar refractivity (Wildman–Crippen MR) is 121 cm³/mol. The molecular weight excluding hydrogens is 400 g/mol. The molecule has 0 aliphatic heterocycles. The fraction of sp³-hybridized carbons (Fsp3) is 0.174. The van der Waals surface area contributed by atoms with Gasteiger partial charge in [0.05, 0.1) is 6.21 Å². The minimum absolute atomic E-state index is 0.434. The van der Waals surface area contributed by atoms with Gasteiger partial charge in [0.25, 0.3) is 0 Å². The Balaban J connectivity index is 1.70. The molecule has 0 aliphatic carbocycles. The van der Waals surface area contributed by atoms with Crippen molar-refractivity contribution in [2.75, 3.05) is 5.32 Å². The van der Waals surface area contributed by atoms with E-state index in [9.17, 15) is 9.59 Å². The highest BCUT2D eigenvalue weighted by Gasteiger charge is 2.14. The van der Waals surface area contributed by atoms with E-state index in [1.165, 1.54) is 17.3 Å². The Morgan fingerprint density at radius 1 is 0.967 bits per heavy atom. The fourth-order valence-electron chi connectivity index (χ4n) is 3.36. The maximum Gasteiger partial charge on any atom is 0.329 e. The van der Waals surface area contributed by atoms with Crippen LogP contribution in [0.4, 0.5) is 5.69 Å². The normalized spacial score (nSPS) is 11.0. The molecule has 0 saturated carbocycles. The maximum absolute atomic E-state index is 12.0. The van der Waals surface area contributed by atoms with Crippen LogP contribution in [0.3, 0.4) is 0 Å². The van der Waals surface area contributed by atoms with Gasteiger partial charge in [-0.3, -0.25) is 9.59 Å². The first kappa shape index (κ1) is 21.3. The highest BCUT2D eigenvalue weighted by Crippen LogP contribution is 2.22. The van der Waals surface area contributed by atoms with Gasteiger partial charge in [-0.2, -0.15) is 5.10 Å². The van der Waals surface area contributed by atoms with Gasteiger partial charge in [-0.25, -0.2) is 5.43 Å². The number of rotatable bonds is 4. The number of amides is 2. The van der Waals surface area contributed by atoms with Gasteiger partial charge in [0.1, 0.15) is 0 Å². The molecule has 30 heavy (non-hydrogen) atoms. The van der Waals surface area contributed by atoms with Gasteiger partial charge < -0.3 is 9.88 Å². The number of aromatic nitrogens is 1. The molecule has 0 bridgehead atoms. The quantitative estimate of drug-likeness (QED) is 0.370. The molecule has 1 aromatic heterocycles. The molecular formula is C23H23ClN4O2. The Labute approximate surface area is 180 Å². The molecule has 3 rings (SSSR count). The van der Waals surface area contributed by atoms with Crippen LogP contribution >= 0.6 is 11.6 Å². The summed E-state index contributed by atoms with van der Waals surface area (Å²) in [5, 5.41) is 6.88. The monoisotopic (exact) mass is 422 g/mol. The van der Waals surface area contributed by atoms with Gasteiger partial charge in [0.2, 0.25) is 0 Å². The van der Waals surface area contributed by atoms with Crippen molar-refractivity contribution in [3.63, 3.8) is 0 Å². The largest absolute Gasteiger partial charge is 0.329 e. The summed E-state index contributed by atoms with van der Waals surface area (Å²) in [6, 6.07) is 14.9. The Morgan fingerprint density at radius 2 is 1.67 bits per heavy atom. The Morgan fingerprint density at radius 3 is 2.33 bits per heavy atom. The smallest absolute Gasteiger partial charge is 0.318 e. The van der Waals surface area contributed by atoms with Crippen molar-refractivity contribution >= 4 is 35.3 Å². The molecule has 7 heteroatoms. The molecule has 0 aliphatic rings. The molecule has 0 fully saturated rings. The number of nitrogens with one attached hydrogen (secondary N) is 2. The minimum atomic E-state index is -0.866. The average Bonchev–Trinajstić information content (AvgIpc) is 2.94. The van der Waals surface area contributed by atoms with Crippen LogP contribution in [0.5, 0.6) is 0 Å². The zero-order valence-corrected chi connectivity index (χ0v) is 18.0. The number of benzene rings is 2. The van der Waals surface area contributed by atoms with Crippen molar-refractivity contribution in [3.8, 4) is 5.69 Å². The van der Waals surface area contributed by atoms with Crippen molar-refractivity contribution in [3.05, 3.63) is 81.6 Å². The van der Waals surface area contributed by atoms with Crippen molar-refractivity contribution in [1.82, 2.24) is 9.99 Å². The van der Waals surface area contributed by atoms with E-state index >= 15 is 0 Å². The van der Waals surface area contributed by atoms with Crippen LogP contribution in [0.25, 0.3) is 5.69 Å². The molecule has 0 atom stereocenters. The summed E-state index contributed by atoms with van der Waals surface area (Å²) in [5.74, 6) is -1.69. The van der Waals surface area contributed by atoms with Crippen LogP contribution in [0.1, 0.15) is 28.1 Å². The van der Waals surface area contributed by atoms with Crippen LogP contribution < -0.4 is 10.7 Å². The number of aryl methyl sites for hydroxylation is 3. The van der Waals surface area contributed by atoms with Crippen LogP contribution in [-0.2, 0) is 9.59 Å². The molecule has 3 aromatic rings. The molecule has 0 radical (unpaired) electrons. The van der Waals surface area contributed by atoms with Gasteiger partial charge in [0.15, 0.2) is 0 Å². The van der Waals surface area contributed by atoms with E-state index in [-0.39, 0.29) is 0 Å². The first-order valence-corrected chi connectivity index (χ1v) is 9.80. The molecule has 2 N–H and O–H groups in total. The van der Waals surface area contributed by atoms with E-state index in [0.717, 1.165) is 22.6 Å². The van der Waals surface area contributed by atoms with Gasteiger partial charge in [-0.1, -0.05) is 23.7 Å². The van der Waals surface area contributed by atoms with Crippen LogP contribution in [0, 0.1) is 27.7 Å². The number of carbonyl (C=O) groups excluding carboxylic acids is 2. The number of hydrogen-bond donors (Lipinski definition) is 2. The number of anilines is 1. The third-order valence-corrected chi connectivity index (χ3v) is 4.83. The highest BCUT2D eigenvalue weighted by molar-refractivity contribution is 6.39.